The van der Waals surface area contributed by atoms with Crippen LogP contribution in [0.5, 0.6) is 5.75 Å². The van der Waals surface area contributed by atoms with Gasteiger partial charge in [-0.1, -0.05) is 12.1 Å². The van der Waals surface area contributed by atoms with Crippen LogP contribution in [0.4, 0.5) is 0 Å². The van der Waals surface area contributed by atoms with E-state index in [1.54, 1.807) is 24.7 Å². The van der Waals surface area contributed by atoms with Crippen LogP contribution in [0.1, 0.15) is 27.5 Å². The second-order valence-corrected chi connectivity index (χ2v) is 7.56. The normalized spacial score (nSPS) is 10.7. The number of nitrogens with zero attached hydrogens (tertiary/aromatic N) is 1. The minimum Gasteiger partial charge on any atom is -0.497 e. The van der Waals surface area contributed by atoms with Crippen LogP contribution in [-0.2, 0) is 24.3 Å². The van der Waals surface area contributed by atoms with Gasteiger partial charge in [-0.05, 0) is 55.3 Å². The molecule has 4 nitrogen and oxygen atoms in total. The van der Waals surface area contributed by atoms with Gasteiger partial charge < -0.3 is 14.1 Å². The molecule has 26 heavy (non-hydrogen) atoms. The summed E-state index contributed by atoms with van der Waals surface area (Å²) in [5, 5.41) is 0. The monoisotopic (exact) mass is 369 g/mol. The number of ether oxygens (including phenoxy) is 1. The Morgan fingerprint density at radius 1 is 1.12 bits per heavy atom. The SMILES string of the molecule is COc1ccc(CCC(=O)N(Cc2ccco2)Cc2ccc(C)s2)cc1. The second kappa shape index (κ2) is 8.72. The first kappa shape index (κ1) is 18.3. The maximum atomic E-state index is 12.8. The lowest BCUT2D eigenvalue weighted by molar-refractivity contribution is -0.132. The van der Waals surface area contributed by atoms with Gasteiger partial charge in [0, 0.05) is 16.2 Å². The highest BCUT2D eigenvalue weighted by Gasteiger charge is 2.17. The molecule has 0 bridgehead atoms. The first-order valence-corrected chi connectivity index (χ1v) is 9.44. The van der Waals surface area contributed by atoms with Crippen molar-refractivity contribution < 1.29 is 13.9 Å². The van der Waals surface area contributed by atoms with Crippen LogP contribution in [0, 0.1) is 6.92 Å². The van der Waals surface area contributed by atoms with Gasteiger partial charge in [-0.15, -0.1) is 11.3 Å². The Kier molecular flexibility index (Phi) is 6.12. The summed E-state index contributed by atoms with van der Waals surface area (Å²) in [6.07, 6.45) is 2.82. The fourth-order valence-electron chi connectivity index (χ4n) is 2.78. The third kappa shape index (κ3) is 4.99. The van der Waals surface area contributed by atoms with Crippen LogP contribution in [0.2, 0.25) is 0 Å². The van der Waals surface area contributed by atoms with Crippen LogP contribution in [-0.4, -0.2) is 17.9 Å². The number of carbonyl (C=O) groups is 1. The highest BCUT2D eigenvalue weighted by atomic mass is 32.1. The predicted octanol–water partition coefficient (Wildman–Crippen LogP) is 4.82. The Morgan fingerprint density at radius 2 is 1.92 bits per heavy atom. The molecule has 0 atom stereocenters. The number of thiophene rings is 1. The molecule has 5 heteroatoms. The molecule has 0 radical (unpaired) electrons. The Labute approximate surface area is 158 Å². The Hall–Kier alpha value is -2.53. The Balaban J connectivity index is 1.64. The lowest BCUT2D eigenvalue weighted by Crippen LogP contribution is -2.29. The van der Waals surface area contributed by atoms with Crippen molar-refractivity contribution >= 4 is 17.2 Å². The van der Waals surface area contributed by atoms with Gasteiger partial charge in [0.1, 0.15) is 11.5 Å². The van der Waals surface area contributed by atoms with E-state index < -0.39 is 0 Å². The maximum Gasteiger partial charge on any atom is 0.223 e. The molecular formula is C21H23NO3S. The van der Waals surface area contributed by atoms with Gasteiger partial charge in [0.2, 0.25) is 5.91 Å². The molecule has 0 aliphatic heterocycles. The zero-order chi connectivity index (χ0) is 18.4. The molecule has 2 heterocycles. The average Bonchev–Trinajstić information content (AvgIpc) is 3.31. The van der Waals surface area contributed by atoms with Gasteiger partial charge in [0.25, 0.3) is 0 Å². The maximum absolute atomic E-state index is 12.8. The summed E-state index contributed by atoms with van der Waals surface area (Å²) in [4.78, 5) is 17.2. The van der Waals surface area contributed by atoms with Crippen molar-refractivity contribution in [3.05, 3.63) is 75.9 Å². The topological polar surface area (TPSA) is 42.7 Å². The summed E-state index contributed by atoms with van der Waals surface area (Å²) in [5.41, 5.74) is 1.13. The molecule has 3 aromatic rings. The van der Waals surface area contributed by atoms with Crippen LogP contribution >= 0.6 is 11.3 Å². The molecule has 0 unspecified atom stereocenters. The quantitative estimate of drug-likeness (QED) is 0.572. The van der Waals surface area contributed by atoms with Crippen molar-refractivity contribution in [1.82, 2.24) is 4.90 Å². The summed E-state index contributed by atoms with van der Waals surface area (Å²) in [6, 6.07) is 15.8. The summed E-state index contributed by atoms with van der Waals surface area (Å²) in [5.74, 6) is 1.76. The molecular weight excluding hydrogens is 346 g/mol. The van der Waals surface area contributed by atoms with E-state index in [0.29, 0.717) is 25.9 Å². The number of rotatable bonds is 8. The van der Waals surface area contributed by atoms with Crippen LogP contribution < -0.4 is 4.74 Å². The zero-order valence-corrected chi connectivity index (χ0v) is 15.9. The van der Waals surface area contributed by atoms with Crippen molar-refractivity contribution in [2.75, 3.05) is 7.11 Å². The highest BCUT2D eigenvalue weighted by molar-refractivity contribution is 7.11. The molecule has 0 N–H and O–H groups in total. The van der Waals surface area contributed by atoms with E-state index in [9.17, 15) is 4.79 Å². The van der Waals surface area contributed by atoms with E-state index in [0.717, 1.165) is 17.1 Å². The third-order valence-electron chi connectivity index (χ3n) is 4.21. The molecule has 3 rings (SSSR count). The van der Waals surface area contributed by atoms with Gasteiger partial charge in [-0.3, -0.25) is 4.79 Å². The standard InChI is InChI=1S/C21H23NO3S/c1-16-5-11-20(26-16)15-22(14-19-4-3-13-25-19)21(23)12-8-17-6-9-18(24-2)10-7-17/h3-7,9-11,13H,8,12,14-15H2,1-2H3. The van der Waals surface area contributed by atoms with Crippen LogP contribution in [0.25, 0.3) is 0 Å². The third-order valence-corrected chi connectivity index (χ3v) is 5.19. The molecule has 0 saturated carbocycles. The summed E-state index contributed by atoms with van der Waals surface area (Å²) in [7, 11) is 1.65. The van der Waals surface area contributed by atoms with Crippen molar-refractivity contribution in [2.45, 2.75) is 32.9 Å². The molecule has 136 valence electrons. The molecule has 2 aromatic heterocycles. The van der Waals surface area contributed by atoms with Gasteiger partial charge in [0.05, 0.1) is 26.5 Å². The summed E-state index contributed by atoms with van der Waals surface area (Å²) >= 11 is 1.73. The van der Waals surface area contributed by atoms with E-state index in [2.05, 4.69) is 19.1 Å². The Bertz CT molecular complexity index is 821. The minimum absolute atomic E-state index is 0.128. The van der Waals surface area contributed by atoms with E-state index in [1.807, 2.05) is 41.3 Å². The smallest absolute Gasteiger partial charge is 0.223 e. The highest BCUT2D eigenvalue weighted by Crippen LogP contribution is 2.20. The van der Waals surface area contributed by atoms with E-state index in [-0.39, 0.29) is 5.91 Å². The second-order valence-electron chi connectivity index (χ2n) is 6.19. The fourth-order valence-corrected chi connectivity index (χ4v) is 3.69. The van der Waals surface area contributed by atoms with Gasteiger partial charge >= 0.3 is 0 Å². The van der Waals surface area contributed by atoms with Crippen molar-refractivity contribution in [3.8, 4) is 5.75 Å². The van der Waals surface area contributed by atoms with Crippen molar-refractivity contribution in [1.29, 1.82) is 0 Å². The lowest BCUT2D eigenvalue weighted by Gasteiger charge is -2.21. The molecule has 0 spiro atoms. The number of carbonyl (C=O) groups excluding carboxylic acids is 1. The lowest BCUT2D eigenvalue weighted by atomic mass is 10.1. The number of amides is 1. The molecule has 0 aliphatic rings. The van der Waals surface area contributed by atoms with E-state index in [4.69, 9.17) is 9.15 Å². The first-order chi connectivity index (χ1) is 12.6. The molecule has 1 aromatic carbocycles. The number of aryl methyl sites for hydroxylation is 2. The number of furan rings is 1. The number of benzene rings is 1. The number of hydrogen-bond acceptors (Lipinski definition) is 4. The van der Waals surface area contributed by atoms with Crippen LogP contribution in [0.15, 0.2) is 59.2 Å². The summed E-state index contributed by atoms with van der Waals surface area (Å²) < 4.78 is 10.6. The fraction of sp³-hybridized carbons (Fsp3) is 0.286. The van der Waals surface area contributed by atoms with Gasteiger partial charge in [-0.25, -0.2) is 0 Å². The van der Waals surface area contributed by atoms with Gasteiger partial charge in [0.15, 0.2) is 0 Å². The first-order valence-electron chi connectivity index (χ1n) is 8.62. The Morgan fingerprint density at radius 3 is 2.54 bits per heavy atom. The van der Waals surface area contributed by atoms with Crippen LogP contribution in [0.3, 0.4) is 0 Å². The molecule has 0 saturated heterocycles. The number of hydrogen-bond donors (Lipinski definition) is 0. The summed E-state index contributed by atoms with van der Waals surface area (Å²) in [6.45, 7) is 3.18. The number of methoxy groups -OCH3 is 1. The van der Waals surface area contributed by atoms with E-state index >= 15 is 0 Å². The van der Waals surface area contributed by atoms with Gasteiger partial charge in [-0.2, -0.15) is 0 Å². The minimum atomic E-state index is 0.128. The molecule has 0 fully saturated rings. The zero-order valence-electron chi connectivity index (χ0n) is 15.1. The average molecular weight is 369 g/mol. The molecule has 0 aliphatic carbocycles. The van der Waals surface area contributed by atoms with Crippen molar-refractivity contribution in [3.63, 3.8) is 0 Å². The molecule has 1 amide bonds. The van der Waals surface area contributed by atoms with E-state index in [1.165, 1.54) is 9.75 Å². The largest absolute Gasteiger partial charge is 0.497 e. The van der Waals surface area contributed by atoms with Crippen molar-refractivity contribution in [2.24, 2.45) is 0 Å². The predicted molar refractivity (Wildman–Crippen MR) is 103 cm³/mol.